The second-order valence-electron chi connectivity index (χ2n) is 7.08. The van der Waals surface area contributed by atoms with Gasteiger partial charge in [-0.25, -0.2) is 0 Å². The van der Waals surface area contributed by atoms with Gasteiger partial charge in [0.1, 0.15) is 5.75 Å². The van der Waals surface area contributed by atoms with Gasteiger partial charge in [-0.3, -0.25) is 0 Å². The Morgan fingerprint density at radius 2 is 2.00 bits per heavy atom. The van der Waals surface area contributed by atoms with Crippen LogP contribution in [0.4, 0.5) is 0 Å². The molecule has 1 aliphatic heterocycles. The first-order valence-electron chi connectivity index (χ1n) is 9.62. The molecule has 0 amide bonds. The lowest BCUT2D eigenvalue weighted by molar-refractivity contribution is -0.137. The molecule has 1 heterocycles. The number of aliphatic hydroxyl groups excluding tert-OH is 2. The fraction of sp³-hybridized carbons (Fsp3) is 0.391. The maximum absolute atomic E-state index is 10.4. The number of hydrogen-bond acceptors (Lipinski definition) is 4. The maximum atomic E-state index is 10.4. The van der Waals surface area contributed by atoms with Gasteiger partial charge in [0.05, 0.1) is 31.5 Å². The van der Waals surface area contributed by atoms with E-state index >= 15 is 0 Å². The fourth-order valence-electron chi connectivity index (χ4n) is 3.68. The van der Waals surface area contributed by atoms with Gasteiger partial charge in [0.2, 0.25) is 0 Å². The summed E-state index contributed by atoms with van der Waals surface area (Å²) in [4.78, 5) is 0. The number of aliphatic hydroxyl groups is 2. The highest BCUT2D eigenvalue weighted by Gasteiger charge is 2.36. The van der Waals surface area contributed by atoms with Gasteiger partial charge < -0.3 is 19.7 Å². The quantitative estimate of drug-likeness (QED) is 0.677. The standard InChI is InChI=1S/C23H27ClO4/c1-3-20-22(26)13-19(14-25)28-23(20)16-7-10-21(24)17(12-16)11-15-5-8-18(9-6-15)27-4-2/h3,5-10,12,19-20,22-23,25-26H,1,4,11,13-14H2,2H3/t19-,20+,22-,23-/m0/s1. The molecule has 0 radical (unpaired) electrons. The smallest absolute Gasteiger partial charge is 0.119 e. The van der Waals surface area contributed by atoms with Gasteiger partial charge in [0, 0.05) is 17.4 Å². The molecule has 2 aromatic rings. The van der Waals surface area contributed by atoms with E-state index in [1.165, 1.54) is 0 Å². The largest absolute Gasteiger partial charge is 0.494 e. The number of rotatable bonds is 7. The molecule has 150 valence electrons. The number of hydrogen-bond donors (Lipinski definition) is 2. The predicted octanol–water partition coefficient (Wildman–Crippen LogP) is 4.31. The van der Waals surface area contributed by atoms with Crippen molar-refractivity contribution < 1.29 is 19.7 Å². The molecule has 0 bridgehead atoms. The number of ether oxygens (including phenoxy) is 2. The van der Waals surface area contributed by atoms with Gasteiger partial charge in [0.25, 0.3) is 0 Å². The van der Waals surface area contributed by atoms with E-state index < -0.39 is 6.10 Å². The van der Waals surface area contributed by atoms with Gasteiger partial charge in [0.15, 0.2) is 0 Å². The Kier molecular flexibility index (Phi) is 7.13. The summed E-state index contributed by atoms with van der Waals surface area (Å²) >= 11 is 6.45. The summed E-state index contributed by atoms with van der Waals surface area (Å²) in [5, 5.41) is 20.6. The summed E-state index contributed by atoms with van der Waals surface area (Å²) in [6, 6.07) is 13.8. The lowest BCUT2D eigenvalue weighted by Gasteiger charge is -2.38. The van der Waals surface area contributed by atoms with E-state index in [1.54, 1.807) is 6.08 Å². The summed E-state index contributed by atoms with van der Waals surface area (Å²) in [6.45, 7) is 6.33. The summed E-state index contributed by atoms with van der Waals surface area (Å²) in [5.74, 6) is 0.613. The van der Waals surface area contributed by atoms with Gasteiger partial charge in [-0.1, -0.05) is 41.9 Å². The van der Waals surface area contributed by atoms with Crippen LogP contribution in [-0.4, -0.2) is 35.6 Å². The third-order valence-corrected chi connectivity index (χ3v) is 5.51. The van der Waals surface area contributed by atoms with E-state index in [1.807, 2.05) is 49.4 Å². The molecular weight excluding hydrogens is 376 g/mol. The molecule has 0 aliphatic carbocycles. The zero-order chi connectivity index (χ0) is 20.1. The van der Waals surface area contributed by atoms with Crippen LogP contribution in [-0.2, 0) is 11.2 Å². The molecule has 3 rings (SSSR count). The van der Waals surface area contributed by atoms with Crippen molar-refractivity contribution >= 4 is 11.6 Å². The van der Waals surface area contributed by atoms with Crippen molar-refractivity contribution in [3.05, 3.63) is 76.8 Å². The molecule has 28 heavy (non-hydrogen) atoms. The average Bonchev–Trinajstić information content (AvgIpc) is 2.70. The minimum atomic E-state index is -0.598. The summed E-state index contributed by atoms with van der Waals surface area (Å²) in [5.41, 5.74) is 3.03. The first kappa shape index (κ1) is 20.9. The van der Waals surface area contributed by atoms with Crippen molar-refractivity contribution in [3.8, 4) is 5.75 Å². The van der Waals surface area contributed by atoms with E-state index in [0.717, 1.165) is 22.4 Å². The topological polar surface area (TPSA) is 58.9 Å². The van der Waals surface area contributed by atoms with Crippen LogP contribution in [0.15, 0.2) is 55.1 Å². The second kappa shape index (κ2) is 9.57. The van der Waals surface area contributed by atoms with Crippen LogP contribution in [0, 0.1) is 5.92 Å². The molecule has 2 aromatic carbocycles. The van der Waals surface area contributed by atoms with E-state index in [9.17, 15) is 10.2 Å². The predicted molar refractivity (Wildman–Crippen MR) is 111 cm³/mol. The van der Waals surface area contributed by atoms with Gasteiger partial charge >= 0.3 is 0 Å². The minimum absolute atomic E-state index is 0.121. The molecule has 1 fully saturated rings. The molecule has 0 saturated carbocycles. The molecular formula is C23H27ClO4. The molecule has 0 spiro atoms. The Labute approximate surface area is 171 Å². The van der Waals surface area contributed by atoms with Crippen LogP contribution >= 0.6 is 11.6 Å². The molecule has 1 aliphatic rings. The van der Waals surface area contributed by atoms with E-state index in [2.05, 4.69) is 6.58 Å². The highest BCUT2D eigenvalue weighted by atomic mass is 35.5. The van der Waals surface area contributed by atoms with Crippen molar-refractivity contribution in [3.63, 3.8) is 0 Å². The van der Waals surface area contributed by atoms with Crippen LogP contribution in [0.1, 0.15) is 36.1 Å². The average molecular weight is 403 g/mol. The Bertz CT molecular complexity index is 790. The summed E-state index contributed by atoms with van der Waals surface area (Å²) in [7, 11) is 0. The third kappa shape index (κ3) is 4.76. The minimum Gasteiger partial charge on any atom is -0.494 e. The van der Waals surface area contributed by atoms with Crippen molar-refractivity contribution in [1.29, 1.82) is 0 Å². The van der Waals surface area contributed by atoms with E-state index in [4.69, 9.17) is 21.1 Å². The van der Waals surface area contributed by atoms with Crippen molar-refractivity contribution in [2.24, 2.45) is 5.92 Å². The second-order valence-corrected chi connectivity index (χ2v) is 7.49. The van der Waals surface area contributed by atoms with Gasteiger partial charge in [-0.15, -0.1) is 6.58 Å². The molecule has 5 heteroatoms. The van der Waals surface area contributed by atoms with Crippen molar-refractivity contribution in [2.45, 2.75) is 38.1 Å². The molecule has 0 unspecified atom stereocenters. The fourth-order valence-corrected chi connectivity index (χ4v) is 3.86. The third-order valence-electron chi connectivity index (χ3n) is 5.14. The van der Waals surface area contributed by atoms with Gasteiger partial charge in [-0.05, 0) is 48.2 Å². The SMILES string of the molecule is C=C[C@@H]1[C@@H](O)C[C@@H](CO)O[C@H]1c1ccc(Cl)c(Cc2ccc(OCC)cc2)c1. The first-order valence-corrected chi connectivity index (χ1v) is 10.0. The molecule has 4 nitrogen and oxygen atoms in total. The highest BCUT2D eigenvalue weighted by molar-refractivity contribution is 6.31. The van der Waals surface area contributed by atoms with Crippen LogP contribution in [0.25, 0.3) is 0 Å². The normalized spacial score (nSPS) is 24.7. The first-order chi connectivity index (χ1) is 13.5. The number of halogens is 1. The zero-order valence-corrected chi connectivity index (χ0v) is 16.8. The zero-order valence-electron chi connectivity index (χ0n) is 16.1. The Balaban J connectivity index is 1.84. The van der Waals surface area contributed by atoms with Crippen LogP contribution in [0.3, 0.4) is 0 Å². The van der Waals surface area contributed by atoms with E-state index in [-0.39, 0.29) is 24.7 Å². The van der Waals surface area contributed by atoms with E-state index in [0.29, 0.717) is 24.5 Å². The Hall–Kier alpha value is -1.85. The lowest BCUT2D eigenvalue weighted by atomic mass is 9.84. The van der Waals surface area contributed by atoms with Crippen LogP contribution in [0.2, 0.25) is 5.02 Å². The lowest BCUT2D eigenvalue weighted by Crippen LogP contribution is -2.40. The molecule has 4 atom stereocenters. The molecule has 2 N–H and O–H groups in total. The molecule has 1 saturated heterocycles. The van der Waals surface area contributed by atoms with Crippen LogP contribution in [0.5, 0.6) is 5.75 Å². The van der Waals surface area contributed by atoms with Crippen LogP contribution < -0.4 is 4.74 Å². The van der Waals surface area contributed by atoms with Gasteiger partial charge in [-0.2, -0.15) is 0 Å². The summed E-state index contributed by atoms with van der Waals surface area (Å²) in [6.07, 6.45) is 1.45. The molecule has 0 aromatic heterocycles. The van der Waals surface area contributed by atoms with Crippen molar-refractivity contribution in [2.75, 3.05) is 13.2 Å². The summed E-state index contributed by atoms with van der Waals surface area (Å²) < 4.78 is 11.5. The number of benzene rings is 2. The maximum Gasteiger partial charge on any atom is 0.119 e. The Morgan fingerprint density at radius 3 is 2.64 bits per heavy atom. The Morgan fingerprint density at radius 1 is 1.25 bits per heavy atom. The monoisotopic (exact) mass is 402 g/mol. The highest BCUT2D eigenvalue weighted by Crippen LogP contribution is 2.38. The van der Waals surface area contributed by atoms with Crippen molar-refractivity contribution in [1.82, 2.24) is 0 Å².